The first-order valence-corrected chi connectivity index (χ1v) is 9.54. The molecule has 1 N–H and O–H groups in total. The van der Waals surface area contributed by atoms with Crippen LogP contribution in [-0.2, 0) is 20.8 Å². The lowest BCUT2D eigenvalue weighted by molar-refractivity contribution is -0.130. The van der Waals surface area contributed by atoms with Crippen LogP contribution in [0.2, 0.25) is 0 Å². The van der Waals surface area contributed by atoms with Crippen molar-refractivity contribution in [2.45, 2.75) is 51.5 Å². The maximum absolute atomic E-state index is 12.6. The van der Waals surface area contributed by atoms with Crippen molar-refractivity contribution in [3.8, 4) is 0 Å². The number of likely N-dealkylation sites (tertiary alicyclic amines) is 1. The molecule has 1 aromatic carbocycles. The van der Waals surface area contributed by atoms with Crippen molar-refractivity contribution in [1.29, 1.82) is 0 Å². The third-order valence-corrected chi connectivity index (χ3v) is 5.92. The molecule has 0 unspecified atom stereocenters. The smallest absolute Gasteiger partial charge is 0.229 e. The third-order valence-electron chi connectivity index (χ3n) is 5.92. The second-order valence-corrected chi connectivity index (χ2v) is 7.64. The summed E-state index contributed by atoms with van der Waals surface area (Å²) in [7, 11) is 0. The summed E-state index contributed by atoms with van der Waals surface area (Å²) in [5.41, 5.74) is 2.75. The minimum Gasteiger partial charge on any atom is -0.339 e. The normalized spacial score (nSPS) is 22.8. The lowest BCUT2D eigenvalue weighted by Gasteiger charge is -2.23. The minimum atomic E-state index is -0.273. The highest BCUT2D eigenvalue weighted by molar-refractivity contribution is 5.98. The number of carbonyl (C=O) groups is 3. The number of nitrogens with zero attached hydrogens (tertiary/aromatic N) is 2. The van der Waals surface area contributed by atoms with E-state index >= 15 is 0 Å². The highest BCUT2D eigenvalue weighted by Gasteiger charge is 2.38. The van der Waals surface area contributed by atoms with Crippen molar-refractivity contribution < 1.29 is 14.4 Å². The quantitative estimate of drug-likeness (QED) is 0.905. The summed E-state index contributed by atoms with van der Waals surface area (Å²) in [6.45, 7) is 2.80. The summed E-state index contributed by atoms with van der Waals surface area (Å²) in [5, 5.41) is 2.97. The second kappa shape index (κ2) is 6.74. The lowest BCUT2D eigenvalue weighted by atomic mass is 10.1. The van der Waals surface area contributed by atoms with Gasteiger partial charge in [-0.3, -0.25) is 14.4 Å². The average molecular weight is 355 g/mol. The van der Waals surface area contributed by atoms with Gasteiger partial charge in [0.05, 0.1) is 5.92 Å². The van der Waals surface area contributed by atoms with E-state index in [2.05, 4.69) is 5.32 Å². The van der Waals surface area contributed by atoms with E-state index in [-0.39, 0.29) is 23.6 Å². The molecule has 0 aromatic heterocycles. The fourth-order valence-electron chi connectivity index (χ4n) is 4.53. The number of hydrogen-bond acceptors (Lipinski definition) is 3. The SMILES string of the molecule is CC(=O)N1CCc2cc(NC(=O)[C@@H]3CC(=O)N(C4CCCC4)C3)ccc21. The van der Waals surface area contributed by atoms with Crippen LogP contribution in [0.4, 0.5) is 11.4 Å². The molecule has 1 aromatic rings. The summed E-state index contributed by atoms with van der Waals surface area (Å²) < 4.78 is 0. The predicted octanol–water partition coefficient (Wildman–Crippen LogP) is 2.33. The molecule has 2 heterocycles. The summed E-state index contributed by atoms with van der Waals surface area (Å²) in [5.74, 6) is -0.203. The van der Waals surface area contributed by atoms with E-state index in [9.17, 15) is 14.4 Å². The topological polar surface area (TPSA) is 69.7 Å². The van der Waals surface area contributed by atoms with Crippen molar-refractivity contribution in [2.75, 3.05) is 23.3 Å². The lowest BCUT2D eigenvalue weighted by Crippen LogP contribution is -2.35. The maximum Gasteiger partial charge on any atom is 0.229 e. The van der Waals surface area contributed by atoms with Gasteiger partial charge in [-0.2, -0.15) is 0 Å². The fourth-order valence-corrected chi connectivity index (χ4v) is 4.53. The summed E-state index contributed by atoms with van der Waals surface area (Å²) in [6, 6.07) is 6.01. The number of rotatable bonds is 3. The third kappa shape index (κ3) is 3.08. The molecule has 6 nitrogen and oxygen atoms in total. The van der Waals surface area contributed by atoms with Crippen LogP contribution in [0.5, 0.6) is 0 Å². The highest BCUT2D eigenvalue weighted by atomic mass is 16.2. The second-order valence-electron chi connectivity index (χ2n) is 7.64. The van der Waals surface area contributed by atoms with Gasteiger partial charge in [-0.05, 0) is 43.0 Å². The Morgan fingerprint density at radius 2 is 1.96 bits per heavy atom. The van der Waals surface area contributed by atoms with Crippen molar-refractivity contribution in [3.63, 3.8) is 0 Å². The van der Waals surface area contributed by atoms with Crippen LogP contribution >= 0.6 is 0 Å². The van der Waals surface area contributed by atoms with Gasteiger partial charge >= 0.3 is 0 Å². The number of benzene rings is 1. The maximum atomic E-state index is 12.6. The molecule has 138 valence electrons. The van der Waals surface area contributed by atoms with Gasteiger partial charge in [-0.15, -0.1) is 0 Å². The van der Waals surface area contributed by atoms with Gasteiger partial charge in [0.1, 0.15) is 0 Å². The molecule has 2 aliphatic heterocycles. The van der Waals surface area contributed by atoms with E-state index in [0.29, 0.717) is 25.6 Å². The molecule has 0 spiro atoms. The van der Waals surface area contributed by atoms with Gasteiger partial charge in [0.2, 0.25) is 17.7 Å². The van der Waals surface area contributed by atoms with Crippen LogP contribution < -0.4 is 10.2 Å². The summed E-state index contributed by atoms with van der Waals surface area (Å²) >= 11 is 0. The molecule has 6 heteroatoms. The van der Waals surface area contributed by atoms with E-state index in [1.807, 2.05) is 23.1 Å². The van der Waals surface area contributed by atoms with Crippen molar-refractivity contribution in [1.82, 2.24) is 4.90 Å². The Bertz CT molecular complexity index is 755. The monoisotopic (exact) mass is 355 g/mol. The van der Waals surface area contributed by atoms with Gasteiger partial charge in [0, 0.05) is 43.9 Å². The van der Waals surface area contributed by atoms with E-state index < -0.39 is 0 Å². The number of anilines is 2. The number of amides is 3. The Labute approximate surface area is 153 Å². The molecule has 26 heavy (non-hydrogen) atoms. The molecule has 3 aliphatic rings. The Kier molecular flexibility index (Phi) is 4.42. The molecular formula is C20H25N3O3. The van der Waals surface area contributed by atoms with Crippen molar-refractivity contribution in [2.24, 2.45) is 5.92 Å². The van der Waals surface area contributed by atoms with E-state index in [1.54, 1.807) is 11.8 Å². The molecule has 1 aliphatic carbocycles. The van der Waals surface area contributed by atoms with Crippen LogP contribution in [0.25, 0.3) is 0 Å². The number of fused-ring (bicyclic) bond motifs is 1. The standard InChI is InChI=1S/C20H25N3O3/c1-13(24)22-9-8-14-10-16(6-7-18(14)22)21-20(26)15-11-19(25)23(12-15)17-4-2-3-5-17/h6-7,10,15,17H,2-5,8-9,11-12H2,1H3,(H,21,26)/t15-/m1/s1. The zero-order chi connectivity index (χ0) is 18.3. The van der Waals surface area contributed by atoms with Crippen molar-refractivity contribution >= 4 is 29.1 Å². The number of nitrogens with one attached hydrogen (secondary N) is 1. The molecule has 0 radical (unpaired) electrons. The fraction of sp³-hybridized carbons (Fsp3) is 0.550. The Morgan fingerprint density at radius 3 is 2.69 bits per heavy atom. The zero-order valence-corrected chi connectivity index (χ0v) is 15.2. The Morgan fingerprint density at radius 1 is 1.19 bits per heavy atom. The number of hydrogen-bond donors (Lipinski definition) is 1. The van der Waals surface area contributed by atoms with E-state index in [0.717, 1.165) is 36.2 Å². The molecule has 2 fully saturated rings. The zero-order valence-electron chi connectivity index (χ0n) is 15.2. The molecule has 0 bridgehead atoms. The van der Waals surface area contributed by atoms with Gasteiger partial charge in [-0.25, -0.2) is 0 Å². The summed E-state index contributed by atoms with van der Waals surface area (Å²) in [4.78, 5) is 40.2. The van der Waals surface area contributed by atoms with Gasteiger partial charge < -0.3 is 15.1 Å². The Hall–Kier alpha value is -2.37. The van der Waals surface area contributed by atoms with Crippen LogP contribution in [0.3, 0.4) is 0 Å². The molecule has 1 saturated heterocycles. The first-order valence-electron chi connectivity index (χ1n) is 9.54. The first-order chi connectivity index (χ1) is 12.5. The van der Waals surface area contributed by atoms with Crippen LogP contribution in [0.1, 0.15) is 44.6 Å². The van der Waals surface area contributed by atoms with E-state index in [4.69, 9.17) is 0 Å². The van der Waals surface area contributed by atoms with E-state index in [1.165, 1.54) is 12.8 Å². The highest BCUT2D eigenvalue weighted by Crippen LogP contribution is 2.32. The number of carbonyl (C=O) groups excluding carboxylic acids is 3. The van der Waals surface area contributed by atoms with Gasteiger partial charge in [0.15, 0.2) is 0 Å². The minimum absolute atomic E-state index is 0.0389. The van der Waals surface area contributed by atoms with Crippen LogP contribution in [-0.4, -0.2) is 41.8 Å². The molecule has 3 amide bonds. The van der Waals surface area contributed by atoms with Crippen LogP contribution in [0.15, 0.2) is 18.2 Å². The predicted molar refractivity (Wildman–Crippen MR) is 98.9 cm³/mol. The molecule has 1 atom stereocenters. The largest absolute Gasteiger partial charge is 0.339 e. The Balaban J connectivity index is 1.41. The van der Waals surface area contributed by atoms with Crippen LogP contribution in [0, 0.1) is 5.92 Å². The molecule has 1 saturated carbocycles. The van der Waals surface area contributed by atoms with Gasteiger partial charge in [-0.1, -0.05) is 12.8 Å². The first kappa shape index (κ1) is 17.1. The molecule has 4 rings (SSSR count). The average Bonchev–Trinajstić information content (AvgIpc) is 3.32. The van der Waals surface area contributed by atoms with Gasteiger partial charge in [0.25, 0.3) is 0 Å². The molecular weight excluding hydrogens is 330 g/mol. The van der Waals surface area contributed by atoms with Crippen molar-refractivity contribution in [3.05, 3.63) is 23.8 Å². The summed E-state index contributed by atoms with van der Waals surface area (Å²) in [6.07, 6.45) is 5.60.